The van der Waals surface area contributed by atoms with Crippen molar-refractivity contribution < 1.29 is 13.6 Å². The largest absolute Gasteiger partial charge is 0.349 e. The number of benzene rings is 1. The van der Waals surface area contributed by atoms with E-state index in [1.165, 1.54) is 6.07 Å². The zero-order valence-electron chi connectivity index (χ0n) is 9.64. The average molecular weight is 306 g/mol. The summed E-state index contributed by atoms with van der Waals surface area (Å²) in [7, 11) is 0. The molecule has 0 aliphatic heterocycles. The van der Waals surface area contributed by atoms with Gasteiger partial charge in [0.1, 0.15) is 17.2 Å². The van der Waals surface area contributed by atoms with Crippen molar-refractivity contribution in [2.45, 2.75) is 31.1 Å². The Morgan fingerprint density at radius 2 is 1.88 bits per heavy atom. The molecule has 1 amide bonds. The van der Waals surface area contributed by atoms with Gasteiger partial charge in [-0.1, -0.05) is 28.9 Å². The molecule has 2 unspecified atom stereocenters. The van der Waals surface area contributed by atoms with Crippen LogP contribution in [0.2, 0.25) is 0 Å². The molecule has 2 nitrogen and oxygen atoms in total. The minimum absolute atomic E-state index is 0.157. The molecule has 0 radical (unpaired) electrons. The van der Waals surface area contributed by atoms with E-state index in [0.717, 1.165) is 12.1 Å². The van der Waals surface area contributed by atoms with Gasteiger partial charge in [-0.3, -0.25) is 4.79 Å². The van der Waals surface area contributed by atoms with Crippen molar-refractivity contribution in [3.05, 3.63) is 35.4 Å². The number of nitrogens with one attached hydrogen (secondary N) is 1. The third kappa shape index (κ3) is 4.07. The highest BCUT2D eigenvalue weighted by molar-refractivity contribution is 9.09. The first-order valence-electron chi connectivity index (χ1n) is 5.30. The Kier molecular flexibility index (Phi) is 5.05. The van der Waals surface area contributed by atoms with Crippen LogP contribution < -0.4 is 5.32 Å². The molecule has 1 N–H and O–H groups in total. The molecule has 2 atom stereocenters. The van der Waals surface area contributed by atoms with Crippen LogP contribution in [-0.4, -0.2) is 16.8 Å². The lowest BCUT2D eigenvalue weighted by Gasteiger charge is -2.15. The SMILES string of the molecule is CC(Br)CC(C)NC(=O)c1c(F)cccc1F. The van der Waals surface area contributed by atoms with Gasteiger partial charge in [0.15, 0.2) is 0 Å². The molecule has 0 saturated heterocycles. The summed E-state index contributed by atoms with van der Waals surface area (Å²) in [5.41, 5.74) is -0.526. The fourth-order valence-electron chi connectivity index (χ4n) is 1.56. The van der Waals surface area contributed by atoms with Crippen molar-refractivity contribution in [3.8, 4) is 0 Å². The Morgan fingerprint density at radius 1 is 1.35 bits per heavy atom. The predicted octanol–water partition coefficient (Wildman–Crippen LogP) is 3.26. The fraction of sp³-hybridized carbons (Fsp3) is 0.417. The van der Waals surface area contributed by atoms with Gasteiger partial charge in [0, 0.05) is 10.9 Å². The van der Waals surface area contributed by atoms with Gasteiger partial charge in [0.25, 0.3) is 5.91 Å². The van der Waals surface area contributed by atoms with Crippen LogP contribution in [0.25, 0.3) is 0 Å². The third-order valence-corrected chi connectivity index (χ3v) is 2.62. The predicted molar refractivity (Wildman–Crippen MR) is 66.3 cm³/mol. The van der Waals surface area contributed by atoms with Crippen molar-refractivity contribution in [3.63, 3.8) is 0 Å². The first-order valence-corrected chi connectivity index (χ1v) is 6.22. The zero-order valence-corrected chi connectivity index (χ0v) is 11.2. The summed E-state index contributed by atoms with van der Waals surface area (Å²) in [5.74, 6) is -2.41. The van der Waals surface area contributed by atoms with Crippen LogP contribution >= 0.6 is 15.9 Å². The normalized spacial score (nSPS) is 14.2. The lowest BCUT2D eigenvalue weighted by Crippen LogP contribution is -2.34. The summed E-state index contributed by atoms with van der Waals surface area (Å²) in [5, 5.41) is 2.56. The minimum atomic E-state index is -0.846. The van der Waals surface area contributed by atoms with E-state index in [-0.39, 0.29) is 10.9 Å². The van der Waals surface area contributed by atoms with Crippen molar-refractivity contribution in [2.75, 3.05) is 0 Å². The second-order valence-electron chi connectivity index (χ2n) is 3.99. The van der Waals surface area contributed by atoms with E-state index in [4.69, 9.17) is 0 Å². The topological polar surface area (TPSA) is 29.1 Å². The fourth-order valence-corrected chi connectivity index (χ4v) is 2.12. The van der Waals surface area contributed by atoms with Gasteiger partial charge in [0.2, 0.25) is 0 Å². The van der Waals surface area contributed by atoms with Crippen LogP contribution in [0.15, 0.2) is 18.2 Å². The van der Waals surface area contributed by atoms with E-state index < -0.39 is 23.1 Å². The maximum atomic E-state index is 13.3. The molecule has 94 valence electrons. The van der Waals surface area contributed by atoms with E-state index in [2.05, 4.69) is 21.2 Å². The monoisotopic (exact) mass is 305 g/mol. The molecule has 0 fully saturated rings. The molecule has 0 bridgehead atoms. The second-order valence-corrected chi connectivity index (χ2v) is 5.55. The summed E-state index contributed by atoms with van der Waals surface area (Å²) in [6.07, 6.45) is 0.682. The lowest BCUT2D eigenvalue weighted by molar-refractivity contribution is 0.0930. The summed E-state index contributed by atoms with van der Waals surface area (Å²) >= 11 is 3.35. The Balaban J connectivity index is 2.77. The maximum absolute atomic E-state index is 13.3. The van der Waals surface area contributed by atoms with Crippen molar-refractivity contribution in [2.24, 2.45) is 0 Å². The molecule has 0 heterocycles. The van der Waals surface area contributed by atoms with Crippen molar-refractivity contribution >= 4 is 21.8 Å². The highest BCUT2D eigenvalue weighted by atomic mass is 79.9. The molecular weight excluding hydrogens is 292 g/mol. The first kappa shape index (κ1) is 14.1. The molecule has 1 rings (SSSR count). The second kappa shape index (κ2) is 6.10. The number of hydrogen-bond donors (Lipinski definition) is 1. The number of hydrogen-bond acceptors (Lipinski definition) is 1. The Labute approximate surface area is 108 Å². The summed E-state index contributed by atoms with van der Waals surface area (Å²) < 4.78 is 26.6. The summed E-state index contributed by atoms with van der Waals surface area (Å²) in [4.78, 5) is 11.9. The molecule has 0 saturated carbocycles. The highest BCUT2D eigenvalue weighted by Gasteiger charge is 2.18. The molecule has 0 aliphatic carbocycles. The highest BCUT2D eigenvalue weighted by Crippen LogP contribution is 2.13. The van der Waals surface area contributed by atoms with Gasteiger partial charge in [-0.25, -0.2) is 8.78 Å². The van der Waals surface area contributed by atoms with E-state index in [1.54, 1.807) is 6.92 Å². The van der Waals surface area contributed by atoms with E-state index in [0.29, 0.717) is 6.42 Å². The van der Waals surface area contributed by atoms with E-state index in [1.807, 2.05) is 6.92 Å². The van der Waals surface area contributed by atoms with Crippen LogP contribution in [0.4, 0.5) is 8.78 Å². The quantitative estimate of drug-likeness (QED) is 0.850. The molecule has 1 aromatic carbocycles. The minimum Gasteiger partial charge on any atom is -0.349 e. The first-order chi connectivity index (χ1) is 7.91. The Bertz CT molecular complexity index is 389. The molecule has 17 heavy (non-hydrogen) atoms. The average Bonchev–Trinajstić information content (AvgIpc) is 2.15. The number of alkyl halides is 1. The van der Waals surface area contributed by atoms with Crippen LogP contribution in [0.1, 0.15) is 30.6 Å². The zero-order chi connectivity index (χ0) is 13.0. The number of carbonyl (C=O) groups excluding carboxylic acids is 1. The van der Waals surface area contributed by atoms with Crippen molar-refractivity contribution in [1.29, 1.82) is 0 Å². The number of carbonyl (C=O) groups is 1. The lowest BCUT2D eigenvalue weighted by atomic mass is 10.1. The van der Waals surface area contributed by atoms with Gasteiger partial charge in [-0.2, -0.15) is 0 Å². The van der Waals surface area contributed by atoms with Crippen LogP contribution in [-0.2, 0) is 0 Å². The molecule has 1 aromatic rings. The smallest absolute Gasteiger partial charge is 0.257 e. The van der Waals surface area contributed by atoms with Gasteiger partial charge >= 0.3 is 0 Å². The molecular formula is C12H14BrF2NO. The van der Waals surface area contributed by atoms with Gasteiger partial charge in [0.05, 0.1) is 0 Å². The Morgan fingerprint density at radius 3 is 2.35 bits per heavy atom. The number of halogens is 3. The van der Waals surface area contributed by atoms with Crippen LogP contribution in [0.3, 0.4) is 0 Å². The summed E-state index contributed by atoms with van der Waals surface area (Å²) in [6.45, 7) is 3.72. The third-order valence-electron chi connectivity index (χ3n) is 2.25. The molecule has 0 spiro atoms. The van der Waals surface area contributed by atoms with Crippen molar-refractivity contribution in [1.82, 2.24) is 5.32 Å². The maximum Gasteiger partial charge on any atom is 0.257 e. The van der Waals surface area contributed by atoms with Gasteiger partial charge in [-0.15, -0.1) is 0 Å². The molecule has 0 aromatic heterocycles. The number of amides is 1. The van der Waals surface area contributed by atoms with E-state index >= 15 is 0 Å². The molecule has 5 heteroatoms. The van der Waals surface area contributed by atoms with Crippen LogP contribution in [0, 0.1) is 11.6 Å². The molecule has 0 aliphatic rings. The number of rotatable bonds is 4. The van der Waals surface area contributed by atoms with Gasteiger partial charge < -0.3 is 5.32 Å². The summed E-state index contributed by atoms with van der Waals surface area (Å²) in [6, 6.07) is 3.20. The van der Waals surface area contributed by atoms with Gasteiger partial charge in [-0.05, 0) is 25.5 Å². The van der Waals surface area contributed by atoms with E-state index in [9.17, 15) is 13.6 Å². The van der Waals surface area contributed by atoms with Crippen LogP contribution in [0.5, 0.6) is 0 Å². The Hall–Kier alpha value is -0.970. The standard InChI is InChI=1S/C12H14BrF2NO/c1-7(13)6-8(2)16-12(17)11-9(14)4-3-5-10(11)15/h3-5,7-8H,6H2,1-2H3,(H,16,17).